The van der Waals surface area contributed by atoms with Crippen LogP contribution in [0.25, 0.3) is 0 Å². The molecule has 1 aliphatic carbocycles. The zero-order valence-corrected chi connectivity index (χ0v) is 7.65. The van der Waals surface area contributed by atoms with Crippen molar-refractivity contribution in [2.75, 3.05) is 0 Å². The molecule has 1 saturated carbocycles. The SMILES string of the molecule is CC1(C)[C@H](C(=O)O)[C@H]1c1ccoc1. The molecule has 1 aromatic heterocycles. The Hall–Kier alpha value is -1.25. The van der Waals surface area contributed by atoms with Gasteiger partial charge in [0.2, 0.25) is 0 Å². The van der Waals surface area contributed by atoms with Gasteiger partial charge in [0.15, 0.2) is 0 Å². The molecule has 1 aliphatic rings. The van der Waals surface area contributed by atoms with Crippen LogP contribution in [0.15, 0.2) is 23.0 Å². The largest absolute Gasteiger partial charge is 0.481 e. The Morgan fingerprint density at radius 1 is 1.62 bits per heavy atom. The first-order valence-corrected chi connectivity index (χ1v) is 4.30. The molecule has 1 N–H and O–H groups in total. The fourth-order valence-electron chi connectivity index (χ4n) is 2.17. The van der Waals surface area contributed by atoms with Crippen LogP contribution in [-0.4, -0.2) is 11.1 Å². The van der Waals surface area contributed by atoms with E-state index >= 15 is 0 Å². The summed E-state index contributed by atoms with van der Waals surface area (Å²) in [6, 6.07) is 1.84. The van der Waals surface area contributed by atoms with Crippen molar-refractivity contribution in [3.63, 3.8) is 0 Å². The van der Waals surface area contributed by atoms with Crippen molar-refractivity contribution >= 4 is 5.97 Å². The van der Waals surface area contributed by atoms with Crippen LogP contribution in [0, 0.1) is 11.3 Å². The average molecular weight is 180 g/mol. The molecule has 1 aromatic rings. The van der Waals surface area contributed by atoms with Crippen LogP contribution in [0.4, 0.5) is 0 Å². The highest BCUT2D eigenvalue weighted by Crippen LogP contribution is 2.64. The Morgan fingerprint density at radius 3 is 2.69 bits per heavy atom. The highest BCUT2D eigenvalue weighted by atomic mass is 16.4. The van der Waals surface area contributed by atoms with Gasteiger partial charge in [0.05, 0.1) is 18.4 Å². The third-order valence-electron chi connectivity index (χ3n) is 3.00. The number of carbonyl (C=O) groups is 1. The first kappa shape index (κ1) is 8.35. The zero-order valence-electron chi connectivity index (χ0n) is 7.65. The summed E-state index contributed by atoms with van der Waals surface area (Å²) in [5.74, 6) is -0.856. The number of carboxylic acid groups (broad SMARTS) is 1. The van der Waals surface area contributed by atoms with E-state index in [2.05, 4.69) is 0 Å². The summed E-state index contributed by atoms with van der Waals surface area (Å²) in [6.07, 6.45) is 3.22. The van der Waals surface area contributed by atoms with E-state index in [1.807, 2.05) is 19.9 Å². The van der Waals surface area contributed by atoms with Gasteiger partial charge in [-0.3, -0.25) is 4.79 Å². The summed E-state index contributed by atoms with van der Waals surface area (Å²) < 4.78 is 4.94. The molecule has 0 aliphatic heterocycles. The molecule has 70 valence electrons. The molecule has 0 radical (unpaired) electrons. The molecule has 0 amide bonds. The third-order valence-corrected chi connectivity index (χ3v) is 3.00. The second kappa shape index (κ2) is 2.37. The maximum absolute atomic E-state index is 10.9. The number of hydrogen-bond acceptors (Lipinski definition) is 2. The van der Waals surface area contributed by atoms with E-state index in [1.54, 1.807) is 12.5 Å². The van der Waals surface area contributed by atoms with Crippen molar-refractivity contribution in [2.45, 2.75) is 19.8 Å². The van der Waals surface area contributed by atoms with Crippen LogP contribution in [0.5, 0.6) is 0 Å². The predicted molar refractivity (Wildman–Crippen MR) is 46.4 cm³/mol. The number of rotatable bonds is 2. The van der Waals surface area contributed by atoms with Gasteiger partial charge in [0.25, 0.3) is 0 Å². The van der Waals surface area contributed by atoms with Crippen molar-refractivity contribution in [3.05, 3.63) is 24.2 Å². The lowest BCUT2D eigenvalue weighted by Gasteiger charge is -1.97. The Balaban J connectivity index is 2.25. The molecule has 3 heteroatoms. The monoisotopic (exact) mass is 180 g/mol. The maximum Gasteiger partial charge on any atom is 0.307 e. The van der Waals surface area contributed by atoms with Gasteiger partial charge in [0, 0.05) is 5.92 Å². The Labute approximate surface area is 76.4 Å². The highest BCUT2D eigenvalue weighted by molar-refractivity contribution is 5.77. The van der Waals surface area contributed by atoms with Gasteiger partial charge in [-0.25, -0.2) is 0 Å². The summed E-state index contributed by atoms with van der Waals surface area (Å²) in [7, 11) is 0. The van der Waals surface area contributed by atoms with Crippen LogP contribution in [0.3, 0.4) is 0 Å². The van der Waals surface area contributed by atoms with E-state index in [4.69, 9.17) is 9.52 Å². The minimum absolute atomic E-state index is 0.115. The number of hydrogen-bond donors (Lipinski definition) is 1. The maximum atomic E-state index is 10.9. The first-order chi connectivity index (χ1) is 6.05. The minimum atomic E-state index is -0.712. The molecule has 0 spiro atoms. The van der Waals surface area contributed by atoms with Crippen LogP contribution < -0.4 is 0 Å². The number of furan rings is 1. The van der Waals surface area contributed by atoms with Gasteiger partial charge in [-0.15, -0.1) is 0 Å². The molecule has 1 heterocycles. The van der Waals surface area contributed by atoms with Crippen molar-refractivity contribution in [1.82, 2.24) is 0 Å². The van der Waals surface area contributed by atoms with Crippen LogP contribution in [0.2, 0.25) is 0 Å². The van der Waals surface area contributed by atoms with Gasteiger partial charge < -0.3 is 9.52 Å². The first-order valence-electron chi connectivity index (χ1n) is 4.30. The minimum Gasteiger partial charge on any atom is -0.481 e. The van der Waals surface area contributed by atoms with Crippen LogP contribution in [0.1, 0.15) is 25.3 Å². The van der Waals surface area contributed by atoms with E-state index in [-0.39, 0.29) is 17.3 Å². The van der Waals surface area contributed by atoms with Crippen molar-refractivity contribution in [3.8, 4) is 0 Å². The molecule has 0 unspecified atom stereocenters. The van der Waals surface area contributed by atoms with E-state index in [0.29, 0.717) is 0 Å². The summed E-state index contributed by atoms with van der Waals surface area (Å²) in [6.45, 7) is 3.95. The van der Waals surface area contributed by atoms with Gasteiger partial charge in [0.1, 0.15) is 0 Å². The van der Waals surface area contributed by atoms with E-state index in [0.717, 1.165) is 5.56 Å². The summed E-state index contributed by atoms with van der Waals surface area (Å²) in [5, 5.41) is 8.93. The smallest absolute Gasteiger partial charge is 0.307 e. The van der Waals surface area contributed by atoms with Crippen LogP contribution >= 0.6 is 0 Å². The van der Waals surface area contributed by atoms with Gasteiger partial charge >= 0.3 is 5.97 Å². The van der Waals surface area contributed by atoms with Gasteiger partial charge in [-0.05, 0) is 17.0 Å². The van der Waals surface area contributed by atoms with Gasteiger partial charge in [-0.2, -0.15) is 0 Å². The van der Waals surface area contributed by atoms with E-state index in [9.17, 15) is 4.79 Å². The van der Waals surface area contributed by atoms with E-state index < -0.39 is 5.97 Å². The zero-order chi connectivity index (χ0) is 9.64. The fraction of sp³-hybridized carbons (Fsp3) is 0.500. The lowest BCUT2D eigenvalue weighted by molar-refractivity contribution is -0.139. The molecule has 3 nitrogen and oxygen atoms in total. The van der Waals surface area contributed by atoms with Crippen LogP contribution in [-0.2, 0) is 4.79 Å². The lowest BCUT2D eigenvalue weighted by Crippen LogP contribution is -2.02. The molecule has 0 bridgehead atoms. The van der Waals surface area contributed by atoms with Crippen molar-refractivity contribution < 1.29 is 14.3 Å². The summed E-state index contributed by atoms with van der Waals surface area (Å²) in [4.78, 5) is 10.9. The average Bonchev–Trinajstić information content (AvgIpc) is 2.50. The molecular weight excluding hydrogens is 168 g/mol. The standard InChI is InChI=1S/C10H12O3/c1-10(2)7(8(10)9(11)12)6-3-4-13-5-6/h3-5,7-8H,1-2H3,(H,11,12)/t7-,8+/m1/s1. The second-order valence-corrected chi connectivity index (χ2v) is 4.17. The highest BCUT2D eigenvalue weighted by Gasteiger charge is 2.62. The Bertz CT molecular complexity index is 324. The lowest BCUT2D eigenvalue weighted by atomic mass is 10.1. The summed E-state index contributed by atoms with van der Waals surface area (Å²) in [5.41, 5.74) is 0.868. The molecule has 2 rings (SSSR count). The molecular formula is C10H12O3. The van der Waals surface area contributed by atoms with Crippen molar-refractivity contribution in [1.29, 1.82) is 0 Å². The number of aliphatic carboxylic acids is 1. The quantitative estimate of drug-likeness (QED) is 0.758. The molecule has 2 atom stereocenters. The molecule has 1 fully saturated rings. The predicted octanol–water partition coefficient (Wildman–Crippen LogP) is 2.10. The molecule has 0 saturated heterocycles. The summed E-state index contributed by atoms with van der Waals surface area (Å²) >= 11 is 0. The second-order valence-electron chi connectivity index (χ2n) is 4.17. The Morgan fingerprint density at radius 2 is 2.31 bits per heavy atom. The molecule has 0 aromatic carbocycles. The Kier molecular flexibility index (Phi) is 1.53. The normalized spacial score (nSPS) is 30.0. The fourth-order valence-corrected chi connectivity index (χ4v) is 2.17. The number of carboxylic acids is 1. The van der Waals surface area contributed by atoms with Gasteiger partial charge in [-0.1, -0.05) is 13.8 Å². The van der Waals surface area contributed by atoms with Crippen molar-refractivity contribution in [2.24, 2.45) is 11.3 Å². The molecule has 13 heavy (non-hydrogen) atoms. The topological polar surface area (TPSA) is 50.4 Å². The third kappa shape index (κ3) is 1.07. The van der Waals surface area contributed by atoms with E-state index in [1.165, 1.54) is 0 Å².